The van der Waals surface area contributed by atoms with Gasteiger partial charge in [-0.15, -0.1) is 0 Å². The monoisotopic (exact) mass is 589 g/mol. The second-order valence-electron chi connectivity index (χ2n) is 11.5. The van der Waals surface area contributed by atoms with Gasteiger partial charge in [-0.1, -0.05) is 19.9 Å². The van der Waals surface area contributed by atoms with Crippen LogP contribution in [0.4, 0.5) is 26.2 Å². The van der Waals surface area contributed by atoms with E-state index in [1.54, 1.807) is 13.1 Å². The van der Waals surface area contributed by atoms with Gasteiger partial charge in [-0.2, -0.15) is 4.98 Å². The van der Waals surface area contributed by atoms with Crippen LogP contribution in [0.5, 0.6) is 0 Å². The Labute approximate surface area is 242 Å². The van der Waals surface area contributed by atoms with Gasteiger partial charge in [0, 0.05) is 43.2 Å². The summed E-state index contributed by atoms with van der Waals surface area (Å²) >= 11 is 0. The molecule has 9 nitrogen and oxygen atoms in total. The molecule has 0 saturated carbocycles. The molecule has 0 aliphatic carbocycles. The Bertz CT molecular complexity index is 1410. The lowest BCUT2D eigenvalue weighted by Crippen LogP contribution is -2.57. The number of nitrogens with zero attached hydrogens (tertiary/aromatic N) is 5. The normalized spacial score (nSPS) is 23.0. The Morgan fingerprint density at radius 3 is 2.63 bits per heavy atom. The summed E-state index contributed by atoms with van der Waals surface area (Å²) in [7, 11) is -1.50. The predicted molar refractivity (Wildman–Crippen MR) is 163 cm³/mol. The van der Waals surface area contributed by atoms with Gasteiger partial charge in [0.05, 0.1) is 18.3 Å². The van der Waals surface area contributed by atoms with Gasteiger partial charge in [-0.25, -0.2) is 27.2 Å². The molecule has 2 N–H and O–H groups in total. The van der Waals surface area contributed by atoms with E-state index in [0.29, 0.717) is 24.7 Å². The minimum atomic E-state index is -3.05. The maximum absolute atomic E-state index is 14.6. The lowest BCUT2D eigenvalue weighted by Gasteiger charge is -2.48. The summed E-state index contributed by atoms with van der Waals surface area (Å²) in [5.74, 6) is -1.28. The van der Waals surface area contributed by atoms with Crippen molar-refractivity contribution < 1.29 is 17.2 Å². The van der Waals surface area contributed by atoms with Gasteiger partial charge in [0.25, 0.3) is 5.92 Å². The quantitative estimate of drug-likeness (QED) is 0.395. The highest BCUT2D eigenvalue weighted by Crippen LogP contribution is 2.38. The first-order valence-electron chi connectivity index (χ1n) is 13.9. The standard InChI is InChI=1S/C29H41F2N7O2S/c1-18(2)22-8-9-24(38-15-21(20(38)4)16-41(7,39)40)19(3)23(22)14-27(33-6)35-26-10-12-34-28(36-26)37-13-11-25(32-5)29(30,31)17-37/h8-10,12,14,18,20-21,25,32H,6,11,13,15-17H2,1-5,7H3,(H,34,35,36)/b27-14+/t20-,21-,25-/m1/s1. The van der Waals surface area contributed by atoms with Crippen molar-refractivity contribution in [3.63, 3.8) is 0 Å². The molecule has 0 amide bonds. The molecule has 4 rings (SSSR count). The topological polar surface area (TPSA) is 103 Å². The van der Waals surface area contributed by atoms with E-state index in [4.69, 9.17) is 0 Å². The Kier molecular flexibility index (Phi) is 9.03. The Balaban J connectivity index is 1.59. The molecule has 2 aromatic rings. The van der Waals surface area contributed by atoms with Gasteiger partial charge in [-0.05, 0) is 74.9 Å². The first-order chi connectivity index (χ1) is 19.2. The summed E-state index contributed by atoms with van der Waals surface area (Å²) in [4.78, 5) is 16.7. The predicted octanol–water partition coefficient (Wildman–Crippen LogP) is 4.32. The van der Waals surface area contributed by atoms with Crippen LogP contribution in [0.15, 0.2) is 35.2 Å². The first kappa shape index (κ1) is 30.8. The largest absolute Gasteiger partial charge is 0.368 e. The number of rotatable bonds is 10. The zero-order valence-electron chi connectivity index (χ0n) is 24.7. The van der Waals surface area contributed by atoms with Gasteiger partial charge >= 0.3 is 0 Å². The van der Waals surface area contributed by atoms with E-state index >= 15 is 0 Å². The van der Waals surface area contributed by atoms with E-state index in [-0.39, 0.29) is 36.0 Å². The highest BCUT2D eigenvalue weighted by Gasteiger charge is 2.44. The average Bonchev–Trinajstić information content (AvgIpc) is 2.90. The molecule has 0 radical (unpaired) electrons. The summed E-state index contributed by atoms with van der Waals surface area (Å²) in [5, 5.41) is 5.88. The number of piperidine rings is 1. The van der Waals surface area contributed by atoms with Crippen LogP contribution in [0, 0.1) is 12.8 Å². The van der Waals surface area contributed by atoms with Crippen molar-refractivity contribution in [3.05, 3.63) is 46.9 Å². The van der Waals surface area contributed by atoms with E-state index in [2.05, 4.69) is 77.0 Å². The van der Waals surface area contributed by atoms with Crippen molar-refractivity contribution in [3.8, 4) is 0 Å². The second-order valence-corrected chi connectivity index (χ2v) is 13.7. The molecule has 0 spiro atoms. The SMILES string of the molecule is C=N/C(=C\c1c(C(C)C)ccc(N2C[C@H](CS(C)(=O)=O)[C@H]2C)c1C)Nc1ccnc(N2CC[C@@H](NC)C(F)(F)C2)n1. The molecular formula is C29H41F2N7O2S. The molecule has 1 aromatic carbocycles. The number of nitrogens with one attached hydrogen (secondary N) is 2. The van der Waals surface area contributed by atoms with Crippen LogP contribution in [0.3, 0.4) is 0 Å². The zero-order chi connectivity index (χ0) is 30.1. The third-order valence-electron chi connectivity index (χ3n) is 8.15. The molecule has 12 heteroatoms. The fourth-order valence-corrected chi connectivity index (χ4v) is 6.92. The van der Waals surface area contributed by atoms with Crippen LogP contribution < -0.4 is 20.4 Å². The lowest BCUT2D eigenvalue weighted by atomic mass is 9.87. The number of aliphatic imine (C=N–C) groups is 1. The van der Waals surface area contributed by atoms with Gasteiger partial charge in [0.15, 0.2) is 0 Å². The smallest absolute Gasteiger partial charge is 0.280 e. The van der Waals surface area contributed by atoms with Crippen molar-refractivity contribution in [2.24, 2.45) is 10.9 Å². The summed E-state index contributed by atoms with van der Waals surface area (Å²) < 4.78 is 52.8. The Morgan fingerprint density at radius 1 is 1.32 bits per heavy atom. The van der Waals surface area contributed by atoms with Crippen LogP contribution in [0.1, 0.15) is 49.8 Å². The fraction of sp³-hybridized carbons (Fsp3) is 0.552. The third-order valence-corrected chi connectivity index (χ3v) is 9.19. The van der Waals surface area contributed by atoms with Crippen LogP contribution in [0.2, 0.25) is 0 Å². The number of aromatic nitrogens is 2. The van der Waals surface area contributed by atoms with Gasteiger partial charge in [0.1, 0.15) is 21.5 Å². The maximum Gasteiger partial charge on any atom is 0.280 e. The molecule has 3 atom stereocenters. The molecule has 0 bridgehead atoms. The number of benzene rings is 1. The Hall–Kier alpha value is -3.12. The molecule has 2 aliphatic heterocycles. The number of alkyl halides is 2. The third kappa shape index (κ3) is 6.86. The van der Waals surface area contributed by atoms with Crippen molar-refractivity contribution in [1.29, 1.82) is 0 Å². The van der Waals surface area contributed by atoms with Crippen molar-refractivity contribution in [1.82, 2.24) is 15.3 Å². The molecule has 224 valence electrons. The van der Waals surface area contributed by atoms with Crippen LogP contribution in [-0.2, 0) is 9.84 Å². The van der Waals surface area contributed by atoms with Crippen molar-refractivity contribution in [2.75, 3.05) is 53.8 Å². The number of halogens is 2. The number of hydrogen-bond acceptors (Lipinski definition) is 9. The second kappa shape index (κ2) is 12.0. The first-order valence-corrected chi connectivity index (χ1v) is 16.0. The molecule has 2 aliphatic rings. The molecule has 1 aromatic heterocycles. The van der Waals surface area contributed by atoms with E-state index in [0.717, 1.165) is 22.4 Å². The molecule has 41 heavy (non-hydrogen) atoms. The lowest BCUT2D eigenvalue weighted by molar-refractivity contribution is -0.0405. The highest BCUT2D eigenvalue weighted by atomic mass is 32.2. The van der Waals surface area contributed by atoms with E-state index < -0.39 is 28.3 Å². The van der Waals surface area contributed by atoms with E-state index in [9.17, 15) is 17.2 Å². The number of anilines is 3. The van der Waals surface area contributed by atoms with Crippen molar-refractivity contribution in [2.45, 2.75) is 58.0 Å². The van der Waals surface area contributed by atoms with E-state index in [1.165, 1.54) is 17.4 Å². The molecule has 0 unspecified atom stereocenters. The summed E-state index contributed by atoms with van der Waals surface area (Å²) in [6.07, 6.45) is 5.03. The molecule has 3 heterocycles. The number of sulfone groups is 1. The van der Waals surface area contributed by atoms with Gasteiger partial charge in [-0.3, -0.25) is 0 Å². The van der Waals surface area contributed by atoms with Crippen molar-refractivity contribution >= 4 is 40.1 Å². The number of hydrogen-bond donors (Lipinski definition) is 2. The maximum atomic E-state index is 14.6. The average molecular weight is 590 g/mol. The summed E-state index contributed by atoms with van der Waals surface area (Å²) in [6.45, 7) is 12.7. The van der Waals surface area contributed by atoms with Gasteiger partial charge in [0.2, 0.25) is 5.95 Å². The van der Waals surface area contributed by atoms with Gasteiger partial charge < -0.3 is 20.4 Å². The van der Waals surface area contributed by atoms with Crippen LogP contribution in [-0.4, -0.2) is 81.8 Å². The fourth-order valence-electron chi connectivity index (χ4n) is 5.76. The Morgan fingerprint density at radius 2 is 2.05 bits per heavy atom. The molecule has 2 saturated heterocycles. The van der Waals surface area contributed by atoms with Crippen LogP contribution >= 0.6 is 0 Å². The molecular weight excluding hydrogens is 548 g/mol. The summed E-state index contributed by atoms with van der Waals surface area (Å²) in [6, 6.07) is 5.10. The van der Waals surface area contributed by atoms with Crippen LogP contribution in [0.25, 0.3) is 6.08 Å². The highest BCUT2D eigenvalue weighted by molar-refractivity contribution is 7.90. The van der Waals surface area contributed by atoms with E-state index in [1.807, 2.05) is 6.08 Å². The molecule has 2 fully saturated rings. The zero-order valence-corrected chi connectivity index (χ0v) is 25.5. The summed E-state index contributed by atoms with van der Waals surface area (Å²) in [5.41, 5.74) is 4.24. The minimum absolute atomic E-state index is 0.0937. The minimum Gasteiger partial charge on any atom is -0.368 e.